The van der Waals surface area contributed by atoms with Crippen LogP contribution in [0.1, 0.15) is 75.7 Å². The van der Waals surface area contributed by atoms with Gasteiger partial charge in [-0.05, 0) is 38.5 Å². The highest BCUT2D eigenvalue weighted by molar-refractivity contribution is 5.66. The lowest BCUT2D eigenvalue weighted by Gasteiger charge is -2.04. The van der Waals surface area contributed by atoms with E-state index in [1.165, 1.54) is 0 Å². The van der Waals surface area contributed by atoms with Crippen LogP contribution in [0.25, 0.3) is 0 Å². The van der Waals surface area contributed by atoms with Gasteiger partial charge < -0.3 is 5.11 Å². The van der Waals surface area contributed by atoms with Gasteiger partial charge in [-0.1, -0.05) is 68.2 Å². The predicted octanol–water partition coefficient (Wildman–Crippen LogP) is 5.68. The Kier molecular flexibility index (Phi) is 8.72. The van der Waals surface area contributed by atoms with Gasteiger partial charge in [-0.2, -0.15) is 0 Å². The van der Waals surface area contributed by atoms with Crippen molar-refractivity contribution in [1.29, 1.82) is 0 Å². The average molecular weight is 353 g/mol. The van der Waals surface area contributed by atoms with Gasteiger partial charge in [0.25, 0.3) is 0 Å². The van der Waals surface area contributed by atoms with E-state index in [-0.39, 0.29) is 43.5 Å². The van der Waals surface area contributed by atoms with Crippen LogP contribution in [0.3, 0.4) is 0 Å². The van der Waals surface area contributed by atoms with Crippen molar-refractivity contribution in [3.63, 3.8) is 0 Å². The van der Waals surface area contributed by atoms with Crippen LogP contribution in [0.2, 0.25) is 0 Å². The topological polar surface area (TPSA) is 66.8 Å². The average Bonchev–Trinajstić information content (AvgIpc) is 2.72. The SMILES string of the molecule is [3H]/C(=C/C([3H])=C(/[3H])C/C([3H])=C(/[3H])CCCC(=O)O)C([3H])(C/C([3H])=C(/[3H])CCCCC)OO. The molecule has 0 amide bonds. The maximum Gasteiger partial charge on any atom is 0.303 e. The zero-order chi connectivity index (χ0) is 24.9. The molecule has 0 saturated carbocycles. The van der Waals surface area contributed by atoms with E-state index in [1.807, 2.05) is 6.92 Å². The molecule has 0 aliphatic carbocycles. The zero-order valence-electron chi connectivity index (χ0n) is 22.2. The van der Waals surface area contributed by atoms with Gasteiger partial charge in [-0.3, -0.25) is 10.1 Å². The minimum atomic E-state index is -2.43. The minimum absolute atomic E-state index is 0.0300. The Labute approximate surface area is 157 Å². The molecule has 0 aromatic heterocycles. The minimum Gasteiger partial charge on any atom is -0.481 e. The van der Waals surface area contributed by atoms with Crippen molar-refractivity contribution in [2.45, 2.75) is 70.8 Å². The maximum absolute atomic E-state index is 10.5. The van der Waals surface area contributed by atoms with Gasteiger partial charge in [0.1, 0.15) is 6.08 Å². The van der Waals surface area contributed by atoms with Crippen LogP contribution in [0.4, 0.5) is 0 Å². The van der Waals surface area contributed by atoms with Gasteiger partial charge in [0.05, 0.1) is 11.0 Å². The molecule has 24 heavy (non-hydrogen) atoms. The lowest BCUT2D eigenvalue weighted by atomic mass is 10.1. The number of carboxylic acids is 1. The molecule has 0 radical (unpaired) electrons. The summed E-state index contributed by atoms with van der Waals surface area (Å²) in [5, 5.41) is 17.8. The fraction of sp³-hybridized carbons (Fsp3) is 0.550. The van der Waals surface area contributed by atoms with Gasteiger partial charge in [-0.15, -0.1) is 0 Å². The van der Waals surface area contributed by atoms with Crippen molar-refractivity contribution in [1.82, 2.24) is 0 Å². The zero-order valence-corrected chi connectivity index (χ0v) is 14.2. The molecule has 4 heteroatoms. The van der Waals surface area contributed by atoms with Crippen molar-refractivity contribution in [2.24, 2.45) is 0 Å². The number of carboxylic acid groups (broad SMARTS) is 1. The highest BCUT2D eigenvalue weighted by Gasteiger charge is 1.99. The molecule has 0 aromatic rings. The molecular weight excluding hydrogens is 304 g/mol. The third-order valence-electron chi connectivity index (χ3n) is 2.79. The molecule has 0 aliphatic rings. The molecule has 0 aromatic carbocycles. The van der Waals surface area contributed by atoms with Crippen LogP contribution < -0.4 is 0 Å². The van der Waals surface area contributed by atoms with Crippen LogP contribution in [0, 0.1) is 0 Å². The second kappa shape index (κ2) is 17.7. The summed E-state index contributed by atoms with van der Waals surface area (Å²) in [5.41, 5.74) is 0. The van der Waals surface area contributed by atoms with Crippen LogP contribution in [-0.4, -0.2) is 22.4 Å². The summed E-state index contributed by atoms with van der Waals surface area (Å²) in [5.74, 6) is -1.01. The third kappa shape index (κ3) is 16.7. The first kappa shape index (κ1) is 11.8. The van der Waals surface area contributed by atoms with E-state index in [1.54, 1.807) is 0 Å². The van der Waals surface area contributed by atoms with Gasteiger partial charge in [0.2, 0.25) is 0 Å². The monoisotopic (exact) mass is 352 g/mol. The lowest BCUT2D eigenvalue weighted by Crippen LogP contribution is -2.04. The Balaban J connectivity index is 5.42. The summed E-state index contributed by atoms with van der Waals surface area (Å²) in [6.45, 7) is 2.00. The number of allylic oxidation sites excluding steroid dienone is 6. The van der Waals surface area contributed by atoms with E-state index >= 15 is 0 Å². The number of aliphatic carboxylic acids is 1. The van der Waals surface area contributed by atoms with Crippen LogP contribution in [0.5, 0.6) is 0 Å². The molecule has 0 spiro atoms. The summed E-state index contributed by atoms with van der Waals surface area (Å²) in [6, 6.07) is -2.37. The first-order valence-electron chi connectivity index (χ1n) is 12.1. The Bertz CT molecular complexity index is 761. The predicted molar refractivity (Wildman–Crippen MR) is 98.9 cm³/mol. The van der Waals surface area contributed by atoms with Crippen molar-refractivity contribution in [3.05, 3.63) is 48.4 Å². The second-order valence-corrected chi connectivity index (χ2v) is 4.89. The maximum atomic E-state index is 10.5. The van der Waals surface area contributed by atoms with Gasteiger partial charge in [-0.25, -0.2) is 4.89 Å². The molecule has 2 N–H and O–H groups in total. The highest BCUT2D eigenvalue weighted by atomic mass is 17.1. The Morgan fingerprint density at radius 2 is 1.92 bits per heavy atom. The van der Waals surface area contributed by atoms with Crippen LogP contribution in [-0.2, 0) is 9.68 Å². The van der Waals surface area contributed by atoms with Crippen molar-refractivity contribution in [2.75, 3.05) is 0 Å². The molecule has 0 rings (SSSR count). The normalized spacial score (nSPS) is 22.7. The highest BCUT2D eigenvalue weighted by Crippen LogP contribution is 2.04. The summed E-state index contributed by atoms with van der Waals surface area (Å²) in [6.07, 6.45) is 0.301. The number of hydrogen-bond acceptors (Lipinski definition) is 3. The molecule has 136 valence electrons. The Morgan fingerprint density at radius 1 is 1.17 bits per heavy atom. The number of hydrogen-bond donors (Lipinski definition) is 2. The second-order valence-electron chi connectivity index (χ2n) is 4.89. The molecule has 1 unspecified atom stereocenters. The number of rotatable bonds is 15. The lowest BCUT2D eigenvalue weighted by molar-refractivity contribution is -0.264. The summed E-state index contributed by atoms with van der Waals surface area (Å²) in [4.78, 5) is 14.6. The fourth-order valence-electron chi connectivity index (χ4n) is 1.55. The smallest absolute Gasteiger partial charge is 0.303 e. The van der Waals surface area contributed by atoms with E-state index in [0.717, 1.165) is 18.9 Å². The van der Waals surface area contributed by atoms with E-state index in [4.69, 9.17) is 21.3 Å². The van der Waals surface area contributed by atoms with Crippen LogP contribution in [0.15, 0.2) is 48.4 Å². The van der Waals surface area contributed by atoms with E-state index < -0.39 is 43.0 Å². The van der Waals surface area contributed by atoms with E-state index in [9.17, 15) is 4.79 Å². The van der Waals surface area contributed by atoms with Crippen molar-refractivity contribution < 1.29 is 31.0 Å². The first-order valence-corrected chi connectivity index (χ1v) is 8.07. The third-order valence-corrected chi connectivity index (χ3v) is 2.79. The quantitative estimate of drug-likeness (QED) is 0.131. The number of unbranched alkanes of at least 4 members (excludes halogenated alkanes) is 2. The summed E-state index contributed by atoms with van der Waals surface area (Å²) >= 11 is 0. The van der Waals surface area contributed by atoms with Crippen molar-refractivity contribution in [3.8, 4) is 0 Å². The molecule has 4 nitrogen and oxygen atoms in total. The number of carbonyl (C=O) groups is 1. The molecule has 0 heterocycles. The standard InChI is InChI=1S/C20H32O4/c1-2-3-4-5-10-13-16-19(24-23)17-14-11-8-6-7-9-12-15-18-20(21)22/h7-11,13-14,17,19,23H,2-6,12,15-16,18H2,1H3,(H,21,22)/b9-7-,11-8-,13-10-,17-14-/i7T,8T,9T,10T,11T,13T,17T,19T. The van der Waals surface area contributed by atoms with Gasteiger partial charge >= 0.3 is 5.97 Å². The largest absolute Gasteiger partial charge is 0.481 e. The van der Waals surface area contributed by atoms with Gasteiger partial charge in [0.15, 0.2) is 0 Å². The Morgan fingerprint density at radius 3 is 2.62 bits per heavy atom. The summed E-state index contributed by atoms with van der Waals surface area (Å²) < 4.78 is 63.3. The van der Waals surface area contributed by atoms with Crippen molar-refractivity contribution >= 4 is 5.97 Å². The molecule has 0 saturated heterocycles. The van der Waals surface area contributed by atoms with E-state index in [2.05, 4.69) is 4.89 Å². The molecule has 0 aliphatic heterocycles. The molecule has 1 atom stereocenters. The van der Waals surface area contributed by atoms with Gasteiger partial charge in [0, 0.05) is 6.42 Å². The molecule has 0 fully saturated rings. The van der Waals surface area contributed by atoms with Crippen LogP contribution >= 0.6 is 0 Å². The molecular formula is C20H32O4. The first-order chi connectivity index (χ1) is 14.9. The van der Waals surface area contributed by atoms with E-state index in [0.29, 0.717) is 12.8 Å². The molecule has 0 bridgehead atoms. The Hall–Kier alpha value is -1.65. The fourth-order valence-corrected chi connectivity index (χ4v) is 1.55. The summed E-state index contributed by atoms with van der Waals surface area (Å²) in [7, 11) is 0.